The zero-order valence-electron chi connectivity index (χ0n) is 45.4. The number of anilines is 1. The van der Waals surface area contributed by atoms with Gasteiger partial charge in [-0.15, -0.1) is 34.4 Å². The van der Waals surface area contributed by atoms with Gasteiger partial charge in [0.05, 0.1) is 15.9 Å². The molecule has 2 N–H and O–H groups in total. The predicted octanol–water partition coefficient (Wildman–Crippen LogP) is 14.9. The average molecular weight is 1190 g/mol. The van der Waals surface area contributed by atoms with Gasteiger partial charge in [0.15, 0.2) is 15.6 Å². The number of esters is 1. The van der Waals surface area contributed by atoms with E-state index in [0.29, 0.717) is 21.5 Å². The van der Waals surface area contributed by atoms with Gasteiger partial charge in [-0.05, 0) is 39.9 Å². The highest BCUT2D eigenvalue weighted by Crippen LogP contribution is 2.49. The van der Waals surface area contributed by atoms with E-state index in [4.69, 9.17) is 19.5 Å². The van der Waals surface area contributed by atoms with Crippen molar-refractivity contribution in [3.8, 4) is 11.3 Å². The van der Waals surface area contributed by atoms with Gasteiger partial charge in [0.1, 0.15) is 28.9 Å². The molecular weight excluding hydrogens is 1130 g/mol. The smallest absolute Gasteiger partial charge is 0.356 e. The first-order valence-electron chi connectivity index (χ1n) is 27.5. The van der Waals surface area contributed by atoms with Crippen molar-refractivity contribution in [2.45, 2.75) is 33.0 Å². The summed E-state index contributed by atoms with van der Waals surface area (Å²) in [6.45, 7) is 0. The summed E-state index contributed by atoms with van der Waals surface area (Å²) in [6.07, 6.45) is 0.302. The molecule has 2 atom stereocenters. The first kappa shape index (κ1) is 54.8. The summed E-state index contributed by atoms with van der Waals surface area (Å²) in [5.74, 6) is -1.44. The van der Waals surface area contributed by atoms with Crippen LogP contribution in [0.3, 0.4) is 0 Å². The Morgan fingerprint density at radius 2 is 1.13 bits per heavy atom. The van der Waals surface area contributed by atoms with Gasteiger partial charge in [0.2, 0.25) is 5.60 Å². The van der Waals surface area contributed by atoms with Gasteiger partial charge in [0, 0.05) is 38.3 Å². The number of thioether (sulfide) groups is 2. The molecule has 15 heteroatoms. The Hall–Kier alpha value is -9.38. The normalized spacial score (nSPS) is 15.1. The minimum absolute atomic E-state index is 0.123. The number of hydrogen-bond donors (Lipinski definition) is 2. The van der Waals surface area contributed by atoms with Crippen molar-refractivity contribution in [1.29, 1.82) is 0 Å². The SMILES string of the molecule is O=C(/C=N\OC(c1ccccc1)(c1ccccc1)c1ccccc1-c1csc(NC(c2ccccc2)(c2ccccc2)c2ccccc2)n1)NC1C(=O)N2C(C(=O)OC(c3ccccc3)c3ccccc3)=C(Sc3nc4ccccc4s3)CSC12. The summed E-state index contributed by atoms with van der Waals surface area (Å²) in [5, 5.41) is 13.5. The Bertz CT molecular complexity index is 4000. The zero-order chi connectivity index (χ0) is 57.6. The molecule has 0 aliphatic carbocycles. The molecule has 0 radical (unpaired) electrons. The number of nitrogens with zero attached hydrogens (tertiary/aromatic N) is 4. The lowest BCUT2D eigenvalue weighted by molar-refractivity contribution is -0.154. The van der Waals surface area contributed by atoms with E-state index in [2.05, 4.69) is 88.6 Å². The van der Waals surface area contributed by atoms with Crippen LogP contribution in [-0.4, -0.2) is 56.0 Å². The number of fused-ring (bicyclic) bond motifs is 2. The molecule has 11 nitrogen and oxygen atoms in total. The molecule has 1 fully saturated rings. The predicted molar refractivity (Wildman–Crippen MR) is 341 cm³/mol. The number of carbonyl (C=O) groups is 3. The van der Waals surface area contributed by atoms with Crippen LogP contribution in [0.1, 0.15) is 50.6 Å². The molecule has 1 saturated heterocycles. The molecule has 2 aliphatic heterocycles. The van der Waals surface area contributed by atoms with E-state index < -0.39 is 46.4 Å². The Labute approximate surface area is 508 Å². The fourth-order valence-corrected chi connectivity index (χ4v) is 15.6. The fourth-order valence-electron chi connectivity index (χ4n) is 11.1. The molecule has 2 unspecified atom stereocenters. The largest absolute Gasteiger partial charge is 0.448 e. The van der Waals surface area contributed by atoms with Crippen LogP contribution in [0.5, 0.6) is 0 Å². The molecule has 4 heterocycles. The van der Waals surface area contributed by atoms with E-state index in [1.54, 1.807) is 0 Å². The molecule has 2 aromatic heterocycles. The second-order valence-corrected chi connectivity index (χ2v) is 24.5. The lowest BCUT2D eigenvalue weighted by Gasteiger charge is -2.49. The molecule has 2 aliphatic rings. The van der Waals surface area contributed by atoms with Crippen molar-refractivity contribution in [2.24, 2.45) is 5.16 Å². The van der Waals surface area contributed by atoms with Gasteiger partial charge in [-0.1, -0.05) is 266 Å². The third kappa shape index (κ3) is 10.8. The molecular formula is C70H52N6O5S4. The summed E-state index contributed by atoms with van der Waals surface area (Å²) in [5.41, 5.74) is 7.08. The van der Waals surface area contributed by atoms with Gasteiger partial charge in [-0.25, -0.2) is 14.8 Å². The van der Waals surface area contributed by atoms with Crippen LogP contribution in [0.2, 0.25) is 0 Å². The quantitative estimate of drug-likeness (QED) is 0.0265. The monoisotopic (exact) mass is 1180 g/mol. The van der Waals surface area contributed by atoms with Crippen molar-refractivity contribution >= 4 is 85.5 Å². The van der Waals surface area contributed by atoms with Crippen molar-refractivity contribution in [3.63, 3.8) is 0 Å². The summed E-state index contributed by atoms with van der Waals surface area (Å²) >= 11 is 5.81. The highest BCUT2D eigenvalue weighted by atomic mass is 32.2. The van der Waals surface area contributed by atoms with Gasteiger partial charge in [-0.3, -0.25) is 14.5 Å². The first-order chi connectivity index (χ1) is 41.9. The molecule has 11 aromatic rings. The highest BCUT2D eigenvalue weighted by Gasteiger charge is 2.55. The standard InChI is InChI=1S/C70H52N6O5S4/c77-60(74-61-64(78)76-62(59(46-82-65(61)76)85-68-73-56-42-24-25-43-58(56)84-68)66(79)80-63(47-26-8-1-9-27-47)48-28-10-2-11-29-48)44-71-81-70(52-36-18-6-19-37-52,53-38-20-7-21-39-53)55-41-23-22-40-54(55)57-45-83-67(72-57)75-69(49-30-12-3-13-31-49,50-32-14-4-15-33-50)51-34-16-5-17-35-51/h1-45,61,63,65H,46H2,(H,72,75)(H,74,77)/b71-44-. The number of aromatic nitrogens is 2. The van der Waals surface area contributed by atoms with Crippen molar-refractivity contribution < 1.29 is 24.0 Å². The molecule has 13 rings (SSSR count). The van der Waals surface area contributed by atoms with E-state index in [0.717, 1.165) is 70.8 Å². The average Bonchev–Trinajstić information content (AvgIpc) is 3.36. The fraction of sp³-hybridized carbons (Fsp3) is 0.0857. The Morgan fingerprint density at radius 3 is 1.69 bits per heavy atom. The molecule has 2 amide bonds. The second-order valence-electron chi connectivity index (χ2n) is 20.1. The summed E-state index contributed by atoms with van der Waals surface area (Å²) in [6, 6.07) is 84.6. The molecule has 0 bridgehead atoms. The Balaban J connectivity index is 0.810. The highest BCUT2D eigenvalue weighted by molar-refractivity contribution is 8.07. The van der Waals surface area contributed by atoms with E-state index in [1.165, 1.54) is 51.1 Å². The third-order valence-electron chi connectivity index (χ3n) is 15.1. The van der Waals surface area contributed by atoms with Gasteiger partial charge >= 0.3 is 5.97 Å². The second kappa shape index (κ2) is 24.4. The zero-order valence-corrected chi connectivity index (χ0v) is 48.6. The van der Waals surface area contributed by atoms with Gasteiger partial charge in [0.25, 0.3) is 11.8 Å². The molecule has 0 spiro atoms. The minimum atomic E-state index is -1.44. The van der Waals surface area contributed by atoms with Crippen LogP contribution in [-0.2, 0) is 35.1 Å². The van der Waals surface area contributed by atoms with E-state index >= 15 is 0 Å². The third-order valence-corrected chi connectivity index (χ3v) is 19.5. The molecule has 0 saturated carbocycles. The van der Waals surface area contributed by atoms with E-state index in [-0.39, 0.29) is 5.70 Å². The Morgan fingerprint density at radius 1 is 0.624 bits per heavy atom. The molecule has 85 heavy (non-hydrogen) atoms. The van der Waals surface area contributed by atoms with Crippen molar-refractivity contribution in [1.82, 2.24) is 20.2 Å². The number of amides is 2. The number of para-hydroxylation sites is 1. The topological polar surface area (TPSA) is 135 Å². The number of ether oxygens (including phenoxy) is 1. The first-order valence-corrected chi connectivity index (χ1v) is 31.1. The van der Waals surface area contributed by atoms with Crippen LogP contribution in [0, 0.1) is 0 Å². The van der Waals surface area contributed by atoms with Crippen LogP contribution in [0.15, 0.2) is 286 Å². The number of β-lactam (4-membered cyclic amide) rings is 1. The molecule has 9 aromatic carbocycles. The number of benzene rings is 9. The van der Waals surface area contributed by atoms with Crippen LogP contribution in [0.4, 0.5) is 5.13 Å². The summed E-state index contributed by atoms with van der Waals surface area (Å²) in [7, 11) is 0. The van der Waals surface area contributed by atoms with Crippen LogP contribution < -0.4 is 10.6 Å². The van der Waals surface area contributed by atoms with E-state index in [9.17, 15) is 14.4 Å². The summed E-state index contributed by atoms with van der Waals surface area (Å²) < 4.78 is 8.17. The number of carbonyl (C=O) groups excluding carboxylic acids is 3. The summed E-state index contributed by atoms with van der Waals surface area (Å²) in [4.78, 5) is 63.0. The van der Waals surface area contributed by atoms with Gasteiger partial charge in [-0.2, -0.15) is 0 Å². The minimum Gasteiger partial charge on any atom is -0.448 e. The number of hydrogen-bond acceptors (Lipinski definition) is 13. The maximum atomic E-state index is 14.9. The number of thiazole rings is 2. The maximum Gasteiger partial charge on any atom is 0.356 e. The Kier molecular flexibility index (Phi) is 15.8. The van der Waals surface area contributed by atoms with Crippen molar-refractivity contribution in [3.05, 3.63) is 321 Å². The van der Waals surface area contributed by atoms with E-state index in [1.807, 2.05) is 193 Å². The number of rotatable bonds is 19. The van der Waals surface area contributed by atoms with Crippen LogP contribution >= 0.6 is 46.2 Å². The van der Waals surface area contributed by atoms with Crippen LogP contribution in [0.25, 0.3) is 21.5 Å². The number of oxime groups is 1. The van der Waals surface area contributed by atoms with Gasteiger partial charge < -0.3 is 20.2 Å². The maximum absolute atomic E-state index is 14.9. The van der Waals surface area contributed by atoms with Crippen molar-refractivity contribution in [2.75, 3.05) is 11.1 Å². The molecule has 416 valence electrons. The lowest BCUT2D eigenvalue weighted by Crippen LogP contribution is -2.70. The number of nitrogens with one attached hydrogen (secondary N) is 2. The lowest BCUT2D eigenvalue weighted by atomic mass is 9.77.